The third-order valence-corrected chi connectivity index (χ3v) is 3.91. The third-order valence-electron chi connectivity index (χ3n) is 3.11. The quantitative estimate of drug-likeness (QED) is 0.744. The van der Waals surface area contributed by atoms with Crippen molar-refractivity contribution in [2.45, 2.75) is 19.6 Å². The van der Waals surface area contributed by atoms with Crippen LogP contribution >= 0.6 is 27.5 Å². The monoisotopic (exact) mass is 403 g/mol. The Labute approximate surface area is 145 Å². The Morgan fingerprint density at radius 1 is 1.26 bits per heavy atom. The van der Waals surface area contributed by atoms with E-state index >= 15 is 0 Å². The second-order valence-electron chi connectivity index (χ2n) is 4.77. The lowest BCUT2D eigenvalue weighted by atomic mass is 10.1. The molecule has 0 bridgehead atoms. The van der Waals surface area contributed by atoms with E-state index in [2.05, 4.69) is 26.0 Å². The van der Waals surface area contributed by atoms with Gasteiger partial charge in [0.1, 0.15) is 5.75 Å². The predicted molar refractivity (Wildman–Crippen MR) is 88.1 cm³/mol. The number of ether oxygens (including phenoxy) is 1. The molecule has 0 aliphatic carbocycles. The minimum absolute atomic E-state index is 0.0419. The number of rotatable bonds is 5. The highest BCUT2D eigenvalue weighted by molar-refractivity contribution is 9.10. The molecular weight excluding hydrogens is 392 g/mol. The van der Waals surface area contributed by atoms with E-state index in [1.165, 1.54) is 12.1 Å². The topological polar surface area (TPSA) is 38.3 Å². The average molecular weight is 405 g/mol. The molecule has 0 spiro atoms. The molecule has 0 radical (unpaired) electrons. The first kappa shape index (κ1) is 17.7. The molecule has 0 fully saturated rings. The fraction of sp³-hybridized carbons (Fsp3) is 0.188. The molecule has 1 amide bonds. The summed E-state index contributed by atoms with van der Waals surface area (Å²) in [7, 11) is 0. The van der Waals surface area contributed by atoms with Crippen molar-refractivity contribution in [1.82, 2.24) is 5.32 Å². The molecule has 7 heteroatoms. The van der Waals surface area contributed by atoms with Crippen LogP contribution in [0.25, 0.3) is 0 Å². The van der Waals surface area contributed by atoms with Gasteiger partial charge in [0.2, 0.25) is 0 Å². The molecule has 0 saturated heterocycles. The van der Waals surface area contributed by atoms with E-state index in [0.717, 1.165) is 4.47 Å². The first-order valence-corrected chi connectivity index (χ1v) is 7.84. The standard InChI is InChI=1S/C16H13BrClF2NO2/c1-9(10-3-2-4-12(7-10)23-16(19)20)21-15(22)13-6-5-11(17)8-14(13)18/h2-9,16H,1H3,(H,21,22). The normalized spacial score (nSPS) is 12.1. The lowest BCUT2D eigenvalue weighted by Crippen LogP contribution is -2.26. The first-order chi connectivity index (χ1) is 10.9. The van der Waals surface area contributed by atoms with Crippen LogP contribution in [0, 0.1) is 0 Å². The summed E-state index contributed by atoms with van der Waals surface area (Å²) in [6.07, 6.45) is 0. The number of alkyl halides is 2. The van der Waals surface area contributed by atoms with Crippen molar-refractivity contribution < 1.29 is 18.3 Å². The number of nitrogens with one attached hydrogen (secondary N) is 1. The Kier molecular flexibility index (Phi) is 5.96. The second kappa shape index (κ2) is 7.75. The molecule has 2 aromatic carbocycles. The van der Waals surface area contributed by atoms with Gasteiger partial charge < -0.3 is 10.1 Å². The van der Waals surface area contributed by atoms with Crippen LogP contribution in [0.4, 0.5) is 8.78 Å². The lowest BCUT2D eigenvalue weighted by molar-refractivity contribution is -0.0499. The van der Waals surface area contributed by atoms with E-state index in [9.17, 15) is 13.6 Å². The van der Waals surface area contributed by atoms with Crippen molar-refractivity contribution in [2.24, 2.45) is 0 Å². The molecular formula is C16H13BrClF2NO2. The molecule has 0 heterocycles. The number of carbonyl (C=O) groups excluding carboxylic acids is 1. The highest BCUT2D eigenvalue weighted by Gasteiger charge is 2.15. The minimum Gasteiger partial charge on any atom is -0.435 e. The summed E-state index contributed by atoms with van der Waals surface area (Å²) in [5.74, 6) is -0.310. The van der Waals surface area contributed by atoms with Crippen LogP contribution in [-0.2, 0) is 0 Å². The van der Waals surface area contributed by atoms with Gasteiger partial charge in [-0.2, -0.15) is 8.78 Å². The largest absolute Gasteiger partial charge is 0.435 e. The number of halogens is 4. The summed E-state index contributed by atoms with van der Waals surface area (Å²) in [6.45, 7) is -1.15. The van der Waals surface area contributed by atoms with Gasteiger partial charge in [-0.25, -0.2) is 0 Å². The van der Waals surface area contributed by atoms with Gasteiger partial charge >= 0.3 is 6.61 Å². The van der Waals surface area contributed by atoms with Gasteiger partial charge in [0.05, 0.1) is 16.6 Å². The molecule has 0 aliphatic heterocycles. The van der Waals surface area contributed by atoms with Gasteiger partial charge in [-0.1, -0.05) is 39.7 Å². The Bertz CT molecular complexity index is 712. The van der Waals surface area contributed by atoms with Crippen molar-refractivity contribution in [2.75, 3.05) is 0 Å². The van der Waals surface area contributed by atoms with Crippen LogP contribution < -0.4 is 10.1 Å². The molecule has 1 atom stereocenters. The molecule has 1 N–H and O–H groups in total. The first-order valence-electron chi connectivity index (χ1n) is 6.67. The molecule has 2 aromatic rings. The zero-order valence-corrected chi connectivity index (χ0v) is 14.4. The summed E-state index contributed by atoms with van der Waals surface area (Å²) in [4.78, 5) is 12.3. The molecule has 0 saturated carbocycles. The molecule has 0 aromatic heterocycles. The maximum absolute atomic E-state index is 12.3. The smallest absolute Gasteiger partial charge is 0.387 e. The summed E-state index contributed by atoms with van der Waals surface area (Å²) >= 11 is 9.31. The van der Waals surface area contributed by atoms with E-state index in [-0.39, 0.29) is 11.7 Å². The van der Waals surface area contributed by atoms with Gasteiger partial charge in [-0.3, -0.25) is 4.79 Å². The Morgan fingerprint density at radius 3 is 2.65 bits per heavy atom. The van der Waals surface area contributed by atoms with E-state index in [1.54, 1.807) is 37.3 Å². The highest BCUT2D eigenvalue weighted by Crippen LogP contribution is 2.24. The lowest BCUT2D eigenvalue weighted by Gasteiger charge is -2.16. The summed E-state index contributed by atoms with van der Waals surface area (Å²) in [5, 5.41) is 3.09. The van der Waals surface area contributed by atoms with Crippen LogP contribution in [0.5, 0.6) is 5.75 Å². The summed E-state index contributed by atoms with van der Waals surface area (Å²) < 4.78 is 29.6. The van der Waals surface area contributed by atoms with Gasteiger partial charge in [-0.05, 0) is 42.8 Å². The fourth-order valence-corrected chi connectivity index (χ4v) is 2.75. The van der Waals surface area contributed by atoms with Crippen LogP contribution in [0.1, 0.15) is 28.9 Å². The Morgan fingerprint density at radius 2 is 2.00 bits per heavy atom. The van der Waals surface area contributed by atoms with Crippen molar-refractivity contribution in [1.29, 1.82) is 0 Å². The van der Waals surface area contributed by atoms with Crippen LogP contribution in [0.15, 0.2) is 46.9 Å². The number of hydrogen-bond acceptors (Lipinski definition) is 2. The SMILES string of the molecule is CC(NC(=O)c1ccc(Br)cc1Cl)c1cccc(OC(F)F)c1. The molecule has 122 valence electrons. The highest BCUT2D eigenvalue weighted by atomic mass is 79.9. The van der Waals surface area contributed by atoms with Crippen molar-refractivity contribution in [3.63, 3.8) is 0 Å². The van der Waals surface area contributed by atoms with E-state index in [0.29, 0.717) is 16.1 Å². The summed E-state index contributed by atoms with van der Waals surface area (Å²) in [5.41, 5.74) is 0.978. The number of benzene rings is 2. The zero-order chi connectivity index (χ0) is 17.0. The molecule has 3 nitrogen and oxygen atoms in total. The Balaban J connectivity index is 2.12. The molecule has 23 heavy (non-hydrogen) atoms. The zero-order valence-electron chi connectivity index (χ0n) is 12.0. The van der Waals surface area contributed by atoms with E-state index < -0.39 is 12.7 Å². The predicted octanol–water partition coefficient (Wildman–Crippen LogP) is 5.19. The van der Waals surface area contributed by atoms with Gasteiger partial charge in [0.25, 0.3) is 5.91 Å². The van der Waals surface area contributed by atoms with Gasteiger partial charge in [0, 0.05) is 4.47 Å². The van der Waals surface area contributed by atoms with Crippen molar-refractivity contribution >= 4 is 33.4 Å². The third kappa shape index (κ3) is 4.91. The molecule has 2 rings (SSSR count). The van der Waals surface area contributed by atoms with Crippen LogP contribution in [0.2, 0.25) is 5.02 Å². The van der Waals surface area contributed by atoms with Gasteiger partial charge in [0.15, 0.2) is 0 Å². The number of amides is 1. The Hall–Kier alpha value is -1.66. The minimum atomic E-state index is -2.89. The van der Waals surface area contributed by atoms with Crippen molar-refractivity contribution in [3.05, 3.63) is 63.1 Å². The molecule has 1 unspecified atom stereocenters. The second-order valence-corrected chi connectivity index (χ2v) is 6.09. The fourth-order valence-electron chi connectivity index (χ4n) is 1.99. The van der Waals surface area contributed by atoms with E-state index in [4.69, 9.17) is 11.6 Å². The number of carbonyl (C=O) groups is 1. The summed E-state index contributed by atoms with van der Waals surface area (Å²) in [6, 6.07) is 10.7. The molecule has 0 aliphatic rings. The van der Waals surface area contributed by atoms with Crippen LogP contribution in [0.3, 0.4) is 0 Å². The maximum Gasteiger partial charge on any atom is 0.387 e. The number of hydrogen-bond donors (Lipinski definition) is 1. The average Bonchev–Trinajstić information content (AvgIpc) is 2.46. The van der Waals surface area contributed by atoms with Crippen molar-refractivity contribution in [3.8, 4) is 5.75 Å². The van der Waals surface area contributed by atoms with Gasteiger partial charge in [-0.15, -0.1) is 0 Å². The van der Waals surface area contributed by atoms with Crippen LogP contribution in [-0.4, -0.2) is 12.5 Å². The van der Waals surface area contributed by atoms with E-state index in [1.807, 2.05) is 0 Å². The maximum atomic E-state index is 12.3.